The smallest absolute Gasteiger partial charge is 0.188 e. The van der Waals surface area contributed by atoms with Crippen molar-refractivity contribution in [1.82, 2.24) is 14.9 Å². The minimum Gasteiger partial charge on any atom is -0.370 e. The van der Waals surface area contributed by atoms with E-state index in [2.05, 4.69) is 26.1 Å². The molecule has 0 atom stereocenters. The number of hydrogen-bond donors (Lipinski definition) is 2. The Balaban J connectivity index is 0.00000161. The lowest BCUT2D eigenvalue weighted by Crippen LogP contribution is -2.38. The molecule has 0 bridgehead atoms. The van der Waals surface area contributed by atoms with Crippen LogP contribution >= 0.6 is 24.0 Å². The fourth-order valence-corrected chi connectivity index (χ4v) is 3.21. The van der Waals surface area contributed by atoms with Gasteiger partial charge in [0.1, 0.15) is 5.82 Å². The second-order valence-corrected chi connectivity index (χ2v) is 5.94. The molecule has 1 saturated carbocycles. The summed E-state index contributed by atoms with van der Waals surface area (Å²) in [5.41, 5.74) is 7.08. The maximum atomic E-state index is 5.93. The number of aliphatic imine (C=N–C) groups is 1. The van der Waals surface area contributed by atoms with Gasteiger partial charge in [0.15, 0.2) is 5.96 Å². The summed E-state index contributed by atoms with van der Waals surface area (Å²) in [5.74, 6) is 1.84. The van der Waals surface area contributed by atoms with E-state index >= 15 is 0 Å². The maximum Gasteiger partial charge on any atom is 0.188 e. The highest BCUT2D eigenvalue weighted by atomic mass is 127. The molecule has 1 fully saturated rings. The van der Waals surface area contributed by atoms with Crippen molar-refractivity contribution in [3.63, 3.8) is 0 Å². The van der Waals surface area contributed by atoms with Crippen molar-refractivity contribution in [3.05, 3.63) is 17.7 Å². The Morgan fingerprint density at radius 2 is 2.14 bits per heavy atom. The quantitative estimate of drug-likeness (QED) is 0.460. The third-order valence-corrected chi connectivity index (χ3v) is 4.32. The molecule has 0 unspecified atom stereocenters. The van der Waals surface area contributed by atoms with E-state index in [1.165, 1.54) is 44.3 Å². The zero-order valence-corrected chi connectivity index (χ0v) is 14.9. The highest BCUT2D eigenvalue weighted by Gasteiger charge is 2.15. The number of guanidine groups is 1. The Bertz CT molecular complexity index is 453. The van der Waals surface area contributed by atoms with Gasteiger partial charge in [-0.1, -0.05) is 12.8 Å². The van der Waals surface area contributed by atoms with E-state index < -0.39 is 0 Å². The summed E-state index contributed by atoms with van der Waals surface area (Å²) < 4.78 is 2.29. The zero-order chi connectivity index (χ0) is 13.8. The van der Waals surface area contributed by atoms with E-state index in [-0.39, 0.29) is 24.0 Å². The molecular formula is C15H26IN5. The predicted molar refractivity (Wildman–Crippen MR) is 96.2 cm³/mol. The SMILES string of the molecule is I.NC(=NCCc1cn2c(n1)CCCC2)NC1CCCC1. The van der Waals surface area contributed by atoms with Crippen LogP contribution in [0.4, 0.5) is 0 Å². The molecule has 1 aliphatic heterocycles. The highest BCUT2D eigenvalue weighted by molar-refractivity contribution is 14.0. The van der Waals surface area contributed by atoms with Gasteiger partial charge in [-0.25, -0.2) is 4.98 Å². The van der Waals surface area contributed by atoms with Gasteiger partial charge in [0.05, 0.1) is 5.69 Å². The molecule has 1 aromatic heterocycles. The van der Waals surface area contributed by atoms with Gasteiger partial charge < -0.3 is 15.6 Å². The number of fused-ring (bicyclic) bond motifs is 1. The molecule has 0 spiro atoms. The number of nitrogens with zero attached hydrogens (tertiary/aromatic N) is 3. The van der Waals surface area contributed by atoms with E-state index in [0.29, 0.717) is 12.0 Å². The molecule has 0 saturated heterocycles. The van der Waals surface area contributed by atoms with Crippen LogP contribution in [0.3, 0.4) is 0 Å². The number of imidazole rings is 1. The summed E-state index contributed by atoms with van der Waals surface area (Å²) in [6.45, 7) is 1.85. The fourth-order valence-electron chi connectivity index (χ4n) is 3.21. The summed E-state index contributed by atoms with van der Waals surface area (Å²) >= 11 is 0. The zero-order valence-electron chi connectivity index (χ0n) is 12.6. The monoisotopic (exact) mass is 403 g/mol. The minimum atomic E-state index is 0. The van der Waals surface area contributed by atoms with Crippen molar-refractivity contribution in [2.45, 2.75) is 64.0 Å². The van der Waals surface area contributed by atoms with Crippen molar-refractivity contribution in [2.24, 2.45) is 10.7 Å². The Hall–Kier alpha value is -0.790. The molecule has 118 valence electrons. The molecular weight excluding hydrogens is 377 g/mol. The normalized spacial score (nSPS) is 19.1. The first-order valence-corrected chi connectivity index (χ1v) is 7.92. The lowest BCUT2D eigenvalue weighted by Gasteiger charge is -2.12. The molecule has 0 radical (unpaired) electrons. The first-order valence-electron chi connectivity index (χ1n) is 7.92. The third-order valence-electron chi connectivity index (χ3n) is 4.32. The number of halogens is 1. The van der Waals surface area contributed by atoms with Gasteiger partial charge in [0.2, 0.25) is 0 Å². The molecule has 0 aromatic carbocycles. The minimum absolute atomic E-state index is 0. The van der Waals surface area contributed by atoms with Crippen LogP contribution in [0.25, 0.3) is 0 Å². The van der Waals surface area contributed by atoms with E-state index in [9.17, 15) is 0 Å². The molecule has 5 nitrogen and oxygen atoms in total. The predicted octanol–water partition coefficient (Wildman–Crippen LogP) is 2.23. The van der Waals surface area contributed by atoms with Crippen LogP contribution in [0.5, 0.6) is 0 Å². The van der Waals surface area contributed by atoms with Crippen LogP contribution in [0.1, 0.15) is 50.0 Å². The van der Waals surface area contributed by atoms with E-state index in [0.717, 1.165) is 31.6 Å². The van der Waals surface area contributed by atoms with Gasteiger partial charge in [0, 0.05) is 38.2 Å². The van der Waals surface area contributed by atoms with Crippen LogP contribution in [0.15, 0.2) is 11.2 Å². The number of hydrogen-bond acceptors (Lipinski definition) is 2. The molecule has 6 heteroatoms. The van der Waals surface area contributed by atoms with Gasteiger partial charge in [-0.3, -0.25) is 4.99 Å². The van der Waals surface area contributed by atoms with E-state index in [1.54, 1.807) is 0 Å². The maximum absolute atomic E-state index is 5.93. The van der Waals surface area contributed by atoms with Gasteiger partial charge in [-0.15, -0.1) is 24.0 Å². The second kappa shape index (κ2) is 8.00. The van der Waals surface area contributed by atoms with Gasteiger partial charge >= 0.3 is 0 Å². The number of aromatic nitrogens is 2. The van der Waals surface area contributed by atoms with Crippen LogP contribution in [-0.4, -0.2) is 28.1 Å². The Morgan fingerprint density at radius 1 is 1.33 bits per heavy atom. The standard InChI is InChI=1S/C15H25N5.HI/c16-15(19-12-5-1-2-6-12)17-9-8-13-11-20-10-4-3-7-14(20)18-13;/h11-12H,1-10H2,(H3,16,17,19);1H. The Morgan fingerprint density at radius 3 is 2.90 bits per heavy atom. The third kappa shape index (κ3) is 4.59. The summed E-state index contributed by atoms with van der Waals surface area (Å²) in [4.78, 5) is 9.11. The molecule has 2 aliphatic rings. The molecule has 3 rings (SSSR count). The largest absolute Gasteiger partial charge is 0.370 e. The van der Waals surface area contributed by atoms with Crippen LogP contribution < -0.4 is 11.1 Å². The fraction of sp³-hybridized carbons (Fsp3) is 0.733. The summed E-state index contributed by atoms with van der Waals surface area (Å²) in [7, 11) is 0. The van der Waals surface area contributed by atoms with Crippen molar-refractivity contribution in [3.8, 4) is 0 Å². The first kappa shape index (κ1) is 16.6. The number of rotatable bonds is 4. The average Bonchev–Trinajstić information content (AvgIpc) is 3.07. The molecule has 21 heavy (non-hydrogen) atoms. The number of nitrogens with one attached hydrogen (secondary N) is 1. The van der Waals surface area contributed by atoms with Crippen LogP contribution in [0, 0.1) is 0 Å². The lowest BCUT2D eigenvalue weighted by molar-refractivity contribution is 0.522. The van der Waals surface area contributed by atoms with E-state index in [4.69, 9.17) is 5.73 Å². The molecule has 2 heterocycles. The van der Waals surface area contributed by atoms with Crippen molar-refractivity contribution in [1.29, 1.82) is 0 Å². The molecule has 1 aliphatic carbocycles. The van der Waals surface area contributed by atoms with E-state index in [1.807, 2.05) is 0 Å². The second-order valence-electron chi connectivity index (χ2n) is 5.94. The molecule has 3 N–H and O–H groups in total. The molecule has 1 aromatic rings. The summed E-state index contributed by atoms with van der Waals surface area (Å²) in [6, 6.07) is 0.540. The Kier molecular flexibility index (Phi) is 6.32. The summed E-state index contributed by atoms with van der Waals surface area (Å²) in [5, 5.41) is 3.32. The first-order chi connectivity index (χ1) is 9.81. The van der Waals surface area contributed by atoms with Gasteiger partial charge in [-0.05, 0) is 25.7 Å². The molecule has 0 amide bonds. The van der Waals surface area contributed by atoms with Crippen molar-refractivity contribution < 1.29 is 0 Å². The number of nitrogens with two attached hydrogens (primary N) is 1. The summed E-state index contributed by atoms with van der Waals surface area (Å²) in [6.07, 6.45) is 11.8. The highest BCUT2D eigenvalue weighted by Crippen LogP contribution is 2.17. The topological polar surface area (TPSA) is 68.2 Å². The Labute approximate surface area is 143 Å². The van der Waals surface area contributed by atoms with Gasteiger partial charge in [-0.2, -0.15) is 0 Å². The van der Waals surface area contributed by atoms with Crippen molar-refractivity contribution in [2.75, 3.05) is 6.54 Å². The lowest BCUT2D eigenvalue weighted by atomic mass is 10.2. The van der Waals surface area contributed by atoms with Crippen LogP contribution in [0.2, 0.25) is 0 Å². The number of aryl methyl sites for hydroxylation is 2. The van der Waals surface area contributed by atoms with Crippen molar-refractivity contribution >= 4 is 29.9 Å². The van der Waals surface area contributed by atoms with Crippen LogP contribution in [-0.2, 0) is 19.4 Å². The average molecular weight is 403 g/mol. The van der Waals surface area contributed by atoms with Gasteiger partial charge in [0.25, 0.3) is 0 Å².